The number of halogens is 6. The number of ether oxygens (including phenoxy) is 1. The third-order valence-corrected chi connectivity index (χ3v) is 3.16. The molecule has 0 amide bonds. The predicted octanol–water partition coefficient (Wildman–Crippen LogP) is 3.03. The highest BCUT2D eigenvalue weighted by Gasteiger charge is 2.34. The van der Waals surface area contributed by atoms with E-state index >= 15 is 0 Å². The number of benzene rings is 1. The van der Waals surface area contributed by atoms with Crippen molar-refractivity contribution in [2.45, 2.75) is 11.3 Å². The van der Waals surface area contributed by atoms with E-state index in [0.717, 1.165) is 0 Å². The van der Waals surface area contributed by atoms with Crippen LogP contribution in [0, 0.1) is 23.3 Å². The van der Waals surface area contributed by atoms with Crippen molar-refractivity contribution >= 4 is 19.7 Å². The summed E-state index contributed by atoms with van der Waals surface area (Å²) in [7, 11) is -0.315. The van der Waals surface area contributed by atoms with Gasteiger partial charge < -0.3 is 4.74 Å². The van der Waals surface area contributed by atoms with E-state index in [1.165, 1.54) is 0 Å². The van der Waals surface area contributed by atoms with Crippen LogP contribution < -0.4 is 4.74 Å². The average Bonchev–Trinajstić information content (AvgIpc) is 2.31. The zero-order chi connectivity index (χ0) is 15.0. The van der Waals surface area contributed by atoms with Gasteiger partial charge in [0.1, 0.15) is 0 Å². The van der Waals surface area contributed by atoms with Crippen molar-refractivity contribution in [1.82, 2.24) is 0 Å². The fourth-order valence-electron chi connectivity index (χ4n) is 1.08. The van der Waals surface area contributed by atoms with Crippen LogP contribution in [0.4, 0.5) is 22.0 Å². The van der Waals surface area contributed by atoms with Crippen LogP contribution in [0.15, 0.2) is 17.6 Å². The quantitative estimate of drug-likeness (QED) is 0.281. The number of rotatable bonds is 4. The first-order valence-electron chi connectivity index (χ1n) is 4.35. The van der Waals surface area contributed by atoms with Crippen LogP contribution in [0.5, 0.6) is 5.75 Å². The average molecular weight is 323 g/mol. The normalized spacial score (nSPS) is 13.2. The molecule has 1 atom stereocenters. The van der Waals surface area contributed by atoms with E-state index in [9.17, 15) is 30.4 Å². The van der Waals surface area contributed by atoms with E-state index in [4.69, 9.17) is 10.7 Å². The molecule has 0 spiro atoms. The standard InChI is InChI=1S/C9H4ClF5O3S/c1-2-3(11)18-8-6(14)4(12)5(13)7(15)9(8)19(10,16)17/h2-3H,1H2. The van der Waals surface area contributed by atoms with E-state index in [0.29, 0.717) is 6.08 Å². The van der Waals surface area contributed by atoms with Crippen LogP contribution >= 0.6 is 10.7 Å². The smallest absolute Gasteiger partial charge is 0.268 e. The minimum atomic E-state index is -5.06. The van der Waals surface area contributed by atoms with E-state index in [1.54, 1.807) is 0 Å². The maximum Gasteiger partial charge on any atom is 0.268 e. The minimum Gasteiger partial charge on any atom is -0.452 e. The molecule has 1 aromatic rings. The summed E-state index contributed by atoms with van der Waals surface area (Å²) >= 11 is 0. The van der Waals surface area contributed by atoms with Gasteiger partial charge in [0.15, 0.2) is 22.3 Å². The lowest BCUT2D eigenvalue weighted by molar-refractivity contribution is 0.102. The third-order valence-electron chi connectivity index (χ3n) is 1.84. The maximum absolute atomic E-state index is 13.3. The van der Waals surface area contributed by atoms with Crippen LogP contribution in [0.1, 0.15) is 0 Å². The van der Waals surface area contributed by atoms with Gasteiger partial charge in [-0.3, -0.25) is 0 Å². The lowest BCUT2D eigenvalue weighted by Gasteiger charge is -2.13. The Labute approximate surface area is 108 Å². The van der Waals surface area contributed by atoms with Gasteiger partial charge in [0, 0.05) is 10.7 Å². The van der Waals surface area contributed by atoms with E-state index in [-0.39, 0.29) is 0 Å². The molecule has 1 rings (SSSR count). The summed E-state index contributed by atoms with van der Waals surface area (Å²) in [6, 6.07) is 0. The molecule has 106 valence electrons. The van der Waals surface area contributed by atoms with Crippen molar-refractivity contribution < 1.29 is 35.1 Å². The van der Waals surface area contributed by atoms with Crippen molar-refractivity contribution in [3.05, 3.63) is 35.9 Å². The van der Waals surface area contributed by atoms with Crippen molar-refractivity contribution in [3.63, 3.8) is 0 Å². The van der Waals surface area contributed by atoms with Gasteiger partial charge in [0.2, 0.25) is 11.6 Å². The Morgan fingerprint density at radius 3 is 2.00 bits per heavy atom. The highest BCUT2D eigenvalue weighted by atomic mass is 35.7. The Morgan fingerprint density at radius 2 is 1.58 bits per heavy atom. The molecule has 1 aromatic carbocycles. The molecule has 0 aliphatic carbocycles. The van der Waals surface area contributed by atoms with Crippen molar-refractivity contribution in [1.29, 1.82) is 0 Å². The monoisotopic (exact) mass is 322 g/mol. The molecule has 0 fully saturated rings. The van der Waals surface area contributed by atoms with Gasteiger partial charge in [0.25, 0.3) is 15.4 Å². The molecule has 0 aliphatic heterocycles. The summed E-state index contributed by atoms with van der Waals surface area (Å²) in [6.07, 6.45) is -2.06. The number of hydrogen-bond acceptors (Lipinski definition) is 3. The van der Waals surface area contributed by atoms with Crippen LogP contribution in [0.2, 0.25) is 0 Å². The van der Waals surface area contributed by atoms with Crippen molar-refractivity contribution in [2.75, 3.05) is 0 Å². The summed E-state index contributed by atoms with van der Waals surface area (Å²) in [5, 5.41) is 0. The van der Waals surface area contributed by atoms with Gasteiger partial charge >= 0.3 is 0 Å². The Hall–Kier alpha value is -1.35. The third kappa shape index (κ3) is 2.98. The Bertz CT molecular complexity index is 631. The fourth-order valence-corrected chi connectivity index (χ4v) is 2.15. The lowest BCUT2D eigenvalue weighted by Crippen LogP contribution is -2.14. The molecule has 0 radical (unpaired) electrons. The summed E-state index contributed by atoms with van der Waals surface area (Å²) in [5.41, 5.74) is 0. The van der Waals surface area contributed by atoms with Crippen LogP contribution in [0.3, 0.4) is 0 Å². The number of hydrogen-bond donors (Lipinski definition) is 0. The summed E-state index contributed by atoms with van der Waals surface area (Å²) in [5.74, 6) is -11.0. The topological polar surface area (TPSA) is 43.4 Å². The van der Waals surface area contributed by atoms with Gasteiger partial charge in [-0.1, -0.05) is 6.58 Å². The maximum atomic E-state index is 13.3. The minimum absolute atomic E-state index is 0.434. The molecular formula is C9H4ClF5O3S. The van der Waals surface area contributed by atoms with Gasteiger partial charge in [-0.2, -0.15) is 8.78 Å². The highest BCUT2D eigenvalue weighted by Crippen LogP contribution is 2.36. The summed E-state index contributed by atoms with van der Waals surface area (Å²) < 4.78 is 91.2. The molecule has 1 unspecified atom stereocenters. The van der Waals surface area contributed by atoms with Gasteiger partial charge in [-0.05, 0) is 6.08 Å². The molecule has 0 N–H and O–H groups in total. The Balaban J connectivity index is 3.72. The molecule has 19 heavy (non-hydrogen) atoms. The zero-order valence-electron chi connectivity index (χ0n) is 8.76. The summed E-state index contributed by atoms with van der Waals surface area (Å²) in [4.78, 5) is -1.84. The van der Waals surface area contributed by atoms with Crippen molar-refractivity contribution in [2.24, 2.45) is 0 Å². The molecule has 0 aliphatic rings. The lowest BCUT2D eigenvalue weighted by atomic mass is 10.3. The molecule has 0 aromatic heterocycles. The van der Waals surface area contributed by atoms with Crippen LogP contribution in [-0.4, -0.2) is 14.8 Å². The van der Waals surface area contributed by atoms with E-state index < -0.39 is 49.3 Å². The van der Waals surface area contributed by atoms with E-state index in [2.05, 4.69) is 11.3 Å². The van der Waals surface area contributed by atoms with Gasteiger partial charge in [-0.25, -0.2) is 21.6 Å². The largest absolute Gasteiger partial charge is 0.452 e. The first-order valence-corrected chi connectivity index (χ1v) is 6.66. The molecule has 0 heterocycles. The molecule has 0 saturated carbocycles. The second-order valence-corrected chi connectivity index (χ2v) is 5.56. The molecule has 0 bridgehead atoms. The summed E-state index contributed by atoms with van der Waals surface area (Å²) in [6.45, 7) is 2.87. The Morgan fingerprint density at radius 1 is 1.11 bits per heavy atom. The molecule has 10 heteroatoms. The van der Waals surface area contributed by atoms with E-state index in [1.807, 2.05) is 0 Å². The van der Waals surface area contributed by atoms with Crippen LogP contribution in [-0.2, 0) is 9.05 Å². The zero-order valence-corrected chi connectivity index (χ0v) is 10.3. The molecular weight excluding hydrogens is 319 g/mol. The van der Waals surface area contributed by atoms with Crippen LogP contribution in [0.25, 0.3) is 0 Å². The number of alkyl halides is 1. The fraction of sp³-hybridized carbons (Fsp3) is 0.111. The van der Waals surface area contributed by atoms with Gasteiger partial charge in [-0.15, -0.1) is 0 Å². The first kappa shape index (κ1) is 15.7. The predicted molar refractivity (Wildman–Crippen MR) is 55.0 cm³/mol. The van der Waals surface area contributed by atoms with Crippen molar-refractivity contribution in [3.8, 4) is 5.75 Å². The second kappa shape index (κ2) is 5.33. The second-order valence-electron chi connectivity index (χ2n) is 3.06. The first-order chi connectivity index (χ1) is 8.61. The molecule has 0 saturated heterocycles. The SMILES string of the molecule is C=CC(F)Oc1c(F)c(F)c(F)c(F)c1S(=O)(=O)Cl. The highest BCUT2D eigenvalue weighted by molar-refractivity contribution is 8.13. The van der Waals surface area contributed by atoms with Gasteiger partial charge in [0.05, 0.1) is 0 Å². The molecule has 3 nitrogen and oxygen atoms in total. The Kier molecular flexibility index (Phi) is 4.41.